The predicted octanol–water partition coefficient (Wildman–Crippen LogP) is 2.90. The van der Waals surface area contributed by atoms with E-state index in [4.69, 9.17) is 4.74 Å². The van der Waals surface area contributed by atoms with Crippen LogP contribution in [0.25, 0.3) is 0 Å². The molecule has 2 rings (SSSR count). The molecule has 0 spiro atoms. The Bertz CT molecular complexity index is 796. The third-order valence-corrected chi connectivity index (χ3v) is 5.67. The summed E-state index contributed by atoms with van der Waals surface area (Å²) < 4.78 is 31.2. The van der Waals surface area contributed by atoms with Gasteiger partial charge in [0.2, 0.25) is 10.0 Å². The number of benzene rings is 2. The van der Waals surface area contributed by atoms with Crippen molar-refractivity contribution in [2.45, 2.75) is 18.2 Å². The van der Waals surface area contributed by atoms with Crippen LogP contribution in [0, 0.1) is 6.92 Å². The van der Waals surface area contributed by atoms with Gasteiger partial charge < -0.3 is 4.74 Å². The van der Waals surface area contributed by atoms with E-state index in [1.54, 1.807) is 55.6 Å². The molecule has 0 aliphatic heterocycles. The van der Waals surface area contributed by atoms with Gasteiger partial charge in [-0.3, -0.25) is 4.79 Å². The number of methoxy groups -OCH3 is 1. The minimum atomic E-state index is -3.58. The molecule has 0 amide bonds. The summed E-state index contributed by atoms with van der Waals surface area (Å²) in [7, 11) is -0.543. The highest BCUT2D eigenvalue weighted by atomic mass is 32.2. The number of aryl methyl sites for hydroxylation is 1. The van der Waals surface area contributed by atoms with Gasteiger partial charge in [0, 0.05) is 25.6 Å². The van der Waals surface area contributed by atoms with Gasteiger partial charge in [0.1, 0.15) is 5.75 Å². The van der Waals surface area contributed by atoms with Gasteiger partial charge in [-0.05, 0) is 43.3 Å². The molecule has 0 radical (unpaired) electrons. The molecule has 128 valence electrons. The Morgan fingerprint density at radius 3 is 2.17 bits per heavy atom. The summed E-state index contributed by atoms with van der Waals surface area (Å²) in [5, 5.41) is 0. The van der Waals surface area contributed by atoms with Crippen molar-refractivity contribution >= 4 is 15.8 Å². The van der Waals surface area contributed by atoms with Gasteiger partial charge >= 0.3 is 0 Å². The van der Waals surface area contributed by atoms with Crippen LogP contribution in [-0.2, 0) is 10.0 Å². The van der Waals surface area contributed by atoms with E-state index in [0.29, 0.717) is 11.3 Å². The van der Waals surface area contributed by atoms with E-state index in [-0.39, 0.29) is 23.6 Å². The first kappa shape index (κ1) is 18.2. The molecule has 0 N–H and O–H groups in total. The molecule has 2 aromatic rings. The monoisotopic (exact) mass is 347 g/mol. The molecule has 0 aliphatic carbocycles. The second-order valence-corrected chi connectivity index (χ2v) is 7.59. The minimum absolute atomic E-state index is 0.108. The second-order valence-electron chi connectivity index (χ2n) is 5.54. The summed E-state index contributed by atoms with van der Waals surface area (Å²) in [5.41, 5.74) is 1.53. The van der Waals surface area contributed by atoms with Crippen LogP contribution in [0.3, 0.4) is 0 Å². The summed E-state index contributed by atoms with van der Waals surface area (Å²) in [4.78, 5) is 12.4. The van der Waals surface area contributed by atoms with Crippen LogP contribution in [0.4, 0.5) is 0 Å². The van der Waals surface area contributed by atoms with Gasteiger partial charge in [0.15, 0.2) is 5.78 Å². The summed E-state index contributed by atoms with van der Waals surface area (Å²) in [6, 6.07) is 13.4. The summed E-state index contributed by atoms with van der Waals surface area (Å²) >= 11 is 0. The summed E-state index contributed by atoms with van der Waals surface area (Å²) in [5.74, 6) is 0.564. The van der Waals surface area contributed by atoms with Crippen molar-refractivity contribution in [3.63, 3.8) is 0 Å². The SMILES string of the molecule is COc1ccc(C(=O)CCN(C)S(=O)(=O)c2ccc(C)cc2)cc1. The molecule has 0 saturated carbocycles. The van der Waals surface area contributed by atoms with Gasteiger partial charge in [0.25, 0.3) is 0 Å². The maximum Gasteiger partial charge on any atom is 0.242 e. The van der Waals surface area contributed by atoms with Gasteiger partial charge in [0.05, 0.1) is 12.0 Å². The van der Waals surface area contributed by atoms with Crippen molar-refractivity contribution in [3.05, 3.63) is 59.7 Å². The minimum Gasteiger partial charge on any atom is -0.497 e. The number of nitrogens with zero attached hydrogens (tertiary/aromatic N) is 1. The molecule has 6 heteroatoms. The lowest BCUT2D eigenvalue weighted by Crippen LogP contribution is -2.29. The maximum atomic E-state index is 12.5. The number of Topliss-reactive ketones (excluding diaryl/α,β-unsaturated/α-hetero) is 1. The van der Waals surface area contributed by atoms with E-state index in [9.17, 15) is 13.2 Å². The Hall–Kier alpha value is -2.18. The molecule has 0 atom stereocenters. The number of ketones is 1. The van der Waals surface area contributed by atoms with Gasteiger partial charge in [-0.25, -0.2) is 12.7 Å². The second kappa shape index (κ2) is 7.59. The average Bonchev–Trinajstić information content (AvgIpc) is 2.59. The molecule has 2 aromatic carbocycles. The predicted molar refractivity (Wildman–Crippen MR) is 92.9 cm³/mol. The zero-order chi connectivity index (χ0) is 17.7. The largest absolute Gasteiger partial charge is 0.497 e. The summed E-state index contributed by atoms with van der Waals surface area (Å²) in [6.45, 7) is 2.02. The molecule has 5 nitrogen and oxygen atoms in total. The average molecular weight is 347 g/mol. The molecule has 0 aliphatic rings. The molecular formula is C18H21NO4S. The molecule has 0 unspecified atom stereocenters. The number of carbonyl (C=O) groups excluding carboxylic acids is 1. The van der Waals surface area contributed by atoms with Crippen LogP contribution in [0.15, 0.2) is 53.4 Å². The van der Waals surface area contributed by atoms with Crippen LogP contribution in [0.2, 0.25) is 0 Å². The van der Waals surface area contributed by atoms with Crippen molar-refractivity contribution in [2.24, 2.45) is 0 Å². The zero-order valence-corrected chi connectivity index (χ0v) is 14.8. The first-order valence-electron chi connectivity index (χ1n) is 7.55. The number of hydrogen-bond donors (Lipinski definition) is 0. The first-order valence-corrected chi connectivity index (χ1v) is 8.99. The van der Waals surface area contributed by atoms with Crippen LogP contribution in [-0.4, -0.2) is 39.2 Å². The van der Waals surface area contributed by atoms with E-state index in [1.807, 2.05) is 6.92 Å². The third kappa shape index (κ3) is 4.21. The Labute approximate surface area is 142 Å². The fraction of sp³-hybridized carbons (Fsp3) is 0.278. The fourth-order valence-corrected chi connectivity index (χ4v) is 3.36. The molecule has 24 heavy (non-hydrogen) atoms. The number of carbonyl (C=O) groups is 1. The van der Waals surface area contributed by atoms with Gasteiger partial charge in [-0.15, -0.1) is 0 Å². The van der Waals surface area contributed by atoms with Crippen LogP contribution < -0.4 is 4.74 Å². The number of ether oxygens (including phenoxy) is 1. The molecule has 0 aromatic heterocycles. The van der Waals surface area contributed by atoms with Crippen molar-refractivity contribution < 1.29 is 17.9 Å². The highest BCUT2D eigenvalue weighted by Crippen LogP contribution is 2.17. The van der Waals surface area contributed by atoms with Crippen LogP contribution in [0.5, 0.6) is 5.75 Å². The van der Waals surface area contributed by atoms with E-state index >= 15 is 0 Å². The molecule has 0 saturated heterocycles. The lowest BCUT2D eigenvalue weighted by atomic mass is 10.1. The highest BCUT2D eigenvalue weighted by Gasteiger charge is 2.21. The van der Waals surface area contributed by atoms with Gasteiger partial charge in [-0.2, -0.15) is 0 Å². The van der Waals surface area contributed by atoms with Crippen molar-refractivity contribution in [1.29, 1.82) is 0 Å². The van der Waals surface area contributed by atoms with Crippen molar-refractivity contribution in [2.75, 3.05) is 20.7 Å². The molecule has 0 bridgehead atoms. The first-order chi connectivity index (χ1) is 11.3. The third-order valence-electron chi connectivity index (χ3n) is 3.79. The van der Waals surface area contributed by atoms with Crippen molar-refractivity contribution in [3.8, 4) is 5.75 Å². The van der Waals surface area contributed by atoms with E-state index in [0.717, 1.165) is 5.56 Å². The Morgan fingerprint density at radius 2 is 1.62 bits per heavy atom. The van der Waals surface area contributed by atoms with Crippen molar-refractivity contribution in [1.82, 2.24) is 4.31 Å². The van der Waals surface area contributed by atoms with E-state index < -0.39 is 10.0 Å². The number of sulfonamides is 1. The summed E-state index contributed by atoms with van der Waals surface area (Å²) in [6.07, 6.45) is 0.119. The molecular weight excluding hydrogens is 326 g/mol. The maximum absolute atomic E-state index is 12.5. The van der Waals surface area contributed by atoms with E-state index in [2.05, 4.69) is 0 Å². The Morgan fingerprint density at radius 1 is 1.04 bits per heavy atom. The van der Waals surface area contributed by atoms with Crippen LogP contribution in [0.1, 0.15) is 22.3 Å². The standard InChI is InChI=1S/C18H21NO4S/c1-14-4-10-17(11-5-14)24(21,22)19(2)13-12-18(20)15-6-8-16(23-3)9-7-15/h4-11H,12-13H2,1-3H3. The topological polar surface area (TPSA) is 63.7 Å². The Kier molecular flexibility index (Phi) is 5.75. The number of hydrogen-bond acceptors (Lipinski definition) is 4. The fourth-order valence-electron chi connectivity index (χ4n) is 2.19. The van der Waals surface area contributed by atoms with Gasteiger partial charge in [-0.1, -0.05) is 17.7 Å². The lowest BCUT2D eigenvalue weighted by Gasteiger charge is -2.17. The quantitative estimate of drug-likeness (QED) is 0.723. The highest BCUT2D eigenvalue weighted by molar-refractivity contribution is 7.89. The lowest BCUT2D eigenvalue weighted by molar-refractivity contribution is 0.0978. The number of rotatable bonds is 7. The van der Waals surface area contributed by atoms with Crippen LogP contribution >= 0.6 is 0 Å². The van der Waals surface area contributed by atoms with E-state index in [1.165, 1.54) is 11.4 Å². The molecule has 0 heterocycles. The zero-order valence-electron chi connectivity index (χ0n) is 14.0. The Balaban J connectivity index is 2.02. The smallest absolute Gasteiger partial charge is 0.242 e. The molecule has 0 fully saturated rings. The normalized spacial score (nSPS) is 11.5.